The molecule has 2 atom stereocenters. The highest BCUT2D eigenvalue weighted by Crippen LogP contribution is 2.17. The maximum absolute atomic E-state index is 11.3. The number of aliphatic carboxylic acids is 1. The van der Waals surface area contributed by atoms with Gasteiger partial charge in [0.15, 0.2) is 0 Å². The van der Waals surface area contributed by atoms with E-state index in [4.69, 9.17) is 4.74 Å². The number of carboxylic acid groups (broad SMARTS) is 1. The van der Waals surface area contributed by atoms with E-state index in [0.29, 0.717) is 25.6 Å². The van der Waals surface area contributed by atoms with Crippen LogP contribution in [0.5, 0.6) is 0 Å². The van der Waals surface area contributed by atoms with E-state index < -0.39 is 11.5 Å². The molecule has 2 N–H and O–H groups in total. The molecule has 0 radical (unpaired) electrons. The highest BCUT2D eigenvalue weighted by atomic mass is 16.5. The molecule has 0 amide bonds. The molecule has 0 aromatic carbocycles. The molecule has 0 aliphatic rings. The Morgan fingerprint density at radius 2 is 2.00 bits per heavy atom. The van der Waals surface area contributed by atoms with Crippen molar-refractivity contribution in [3.8, 4) is 0 Å². The van der Waals surface area contributed by atoms with Gasteiger partial charge in [-0.2, -0.15) is 0 Å². The van der Waals surface area contributed by atoms with E-state index in [2.05, 4.69) is 5.32 Å². The fourth-order valence-electron chi connectivity index (χ4n) is 1.90. The lowest BCUT2D eigenvalue weighted by Crippen LogP contribution is -2.54. The second kappa shape index (κ2) is 6.86. The van der Waals surface area contributed by atoms with E-state index in [1.807, 2.05) is 27.7 Å². The van der Waals surface area contributed by atoms with Crippen LogP contribution in [0.15, 0.2) is 0 Å². The number of carboxylic acids is 1. The van der Waals surface area contributed by atoms with Crippen LogP contribution in [0.2, 0.25) is 0 Å². The maximum Gasteiger partial charge on any atom is 0.323 e. The Kier molecular flexibility index (Phi) is 6.60. The third-order valence-electron chi connectivity index (χ3n) is 2.43. The zero-order chi connectivity index (χ0) is 12.8. The summed E-state index contributed by atoms with van der Waals surface area (Å²) in [6.07, 6.45) is 0.610. The van der Waals surface area contributed by atoms with Gasteiger partial charge in [-0.25, -0.2) is 0 Å². The van der Waals surface area contributed by atoms with E-state index in [-0.39, 0.29) is 6.04 Å². The monoisotopic (exact) mass is 231 g/mol. The number of ether oxygens (including phenoxy) is 1. The Hall–Kier alpha value is -0.610. The minimum absolute atomic E-state index is 0.0415. The molecule has 96 valence electrons. The van der Waals surface area contributed by atoms with Crippen LogP contribution in [0, 0.1) is 5.92 Å². The van der Waals surface area contributed by atoms with Gasteiger partial charge in [0.1, 0.15) is 5.54 Å². The third-order valence-corrected chi connectivity index (χ3v) is 2.43. The lowest BCUT2D eigenvalue weighted by Gasteiger charge is -2.31. The zero-order valence-corrected chi connectivity index (χ0v) is 11.0. The summed E-state index contributed by atoms with van der Waals surface area (Å²) in [5.41, 5.74) is -0.870. The molecule has 0 aliphatic carbocycles. The summed E-state index contributed by atoms with van der Waals surface area (Å²) in [6.45, 7) is 10.8. The molecule has 2 unspecified atom stereocenters. The van der Waals surface area contributed by atoms with Crippen LogP contribution in [-0.4, -0.2) is 35.9 Å². The standard InChI is InChI=1S/C12H25NO3/c1-6-16-8-10(4)13-12(5,11(14)15)7-9(2)3/h9-10,13H,6-8H2,1-5H3,(H,14,15). The van der Waals surface area contributed by atoms with Gasteiger partial charge >= 0.3 is 5.97 Å². The predicted octanol–water partition coefficient (Wildman–Crippen LogP) is 1.89. The van der Waals surface area contributed by atoms with Crippen LogP contribution in [-0.2, 0) is 9.53 Å². The molecule has 0 spiro atoms. The molecule has 0 saturated heterocycles. The lowest BCUT2D eigenvalue weighted by atomic mass is 9.90. The van der Waals surface area contributed by atoms with Crippen molar-refractivity contribution < 1.29 is 14.6 Å². The van der Waals surface area contributed by atoms with Crippen molar-refractivity contribution in [3.05, 3.63) is 0 Å². The largest absolute Gasteiger partial charge is 0.480 e. The van der Waals surface area contributed by atoms with Crippen LogP contribution in [0.4, 0.5) is 0 Å². The second-order valence-corrected chi connectivity index (χ2v) is 4.94. The summed E-state index contributed by atoms with van der Waals surface area (Å²) >= 11 is 0. The Labute approximate surface area is 98.4 Å². The van der Waals surface area contributed by atoms with Crippen LogP contribution >= 0.6 is 0 Å². The topological polar surface area (TPSA) is 58.6 Å². The number of hydrogen-bond donors (Lipinski definition) is 2. The summed E-state index contributed by atoms with van der Waals surface area (Å²) in [5, 5.41) is 12.4. The molecule has 4 nitrogen and oxygen atoms in total. The van der Waals surface area contributed by atoms with Gasteiger partial charge in [-0.3, -0.25) is 10.1 Å². The zero-order valence-electron chi connectivity index (χ0n) is 11.0. The van der Waals surface area contributed by atoms with Gasteiger partial charge in [0, 0.05) is 12.6 Å². The van der Waals surface area contributed by atoms with Crippen LogP contribution in [0.3, 0.4) is 0 Å². The molecular weight excluding hydrogens is 206 g/mol. The molecular formula is C12H25NO3. The molecule has 0 rings (SSSR count). The first kappa shape index (κ1) is 15.4. The number of hydrogen-bond acceptors (Lipinski definition) is 3. The Balaban J connectivity index is 4.37. The molecule has 0 aromatic heterocycles. The Bertz CT molecular complexity index is 218. The fourth-order valence-corrected chi connectivity index (χ4v) is 1.90. The van der Waals surface area contributed by atoms with Crippen molar-refractivity contribution in [1.29, 1.82) is 0 Å². The van der Waals surface area contributed by atoms with Crippen LogP contribution < -0.4 is 5.32 Å². The van der Waals surface area contributed by atoms with Gasteiger partial charge in [-0.05, 0) is 33.1 Å². The molecule has 16 heavy (non-hydrogen) atoms. The first-order valence-corrected chi connectivity index (χ1v) is 5.90. The highest BCUT2D eigenvalue weighted by Gasteiger charge is 2.34. The smallest absolute Gasteiger partial charge is 0.323 e. The van der Waals surface area contributed by atoms with Gasteiger partial charge in [0.25, 0.3) is 0 Å². The quantitative estimate of drug-likeness (QED) is 0.670. The molecule has 0 aromatic rings. The van der Waals surface area contributed by atoms with E-state index in [0.717, 1.165) is 0 Å². The van der Waals surface area contributed by atoms with Gasteiger partial charge in [0.2, 0.25) is 0 Å². The Morgan fingerprint density at radius 3 is 2.38 bits per heavy atom. The predicted molar refractivity (Wildman–Crippen MR) is 64.6 cm³/mol. The fraction of sp³-hybridized carbons (Fsp3) is 0.917. The average Bonchev–Trinajstić information content (AvgIpc) is 2.12. The Morgan fingerprint density at radius 1 is 1.44 bits per heavy atom. The van der Waals surface area contributed by atoms with Crippen LogP contribution in [0.25, 0.3) is 0 Å². The maximum atomic E-state index is 11.3. The minimum atomic E-state index is -0.870. The van der Waals surface area contributed by atoms with Crippen LogP contribution in [0.1, 0.15) is 41.0 Å². The summed E-state index contributed by atoms with van der Waals surface area (Å²) in [4.78, 5) is 11.3. The van der Waals surface area contributed by atoms with Crippen molar-refractivity contribution in [3.63, 3.8) is 0 Å². The van der Waals surface area contributed by atoms with Gasteiger partial charge in [-0.1, -0.05) is 13.8 Å². The van der Waals surface area contributed by atoms with Crippen molar-refractivity contribution in [2.75, 3.05) is 13.2 Å². The number of carbonyl (C=O) groups is 1. The van der Waals surface area contributed by atoms with Crippen molar-refractivity contribution in [1.82, 2.24) is 5.32 Å². The van der Waals surface area contributed by atoms with Crippen molar-refractivity contribution in [2.24, 2.45) is 5.92 Å². The second-order valence-electron chi connectivity index (χ2n) is 4.94. The van der Waals surface area contributed by atoms with Crippen molar-refractivity contribution in [2.45, 2.75) is 52.6 Å². The first-order chi connectivity index (χ1) is 7.31. The minimum Gasteiger partial charge on any atom is -0.480 e. The average molecular weight is 231 g/mol. The molecule has 0 fully saturated rings. The van der Waals surface area contributed by atoms with Gasteiger partial charge in [0.05, 0.1) is 6.61 Å². The van der Waals surface area contributed by atoms with E-state index in [9.17, 15) is 9.90 Å². The molecule has 4 heteroatoms. The highest BCUT2D eigenvalue weighted by molar-refractivity contribution is 5.78. The van der Waals surface area contributed by atoms with E-state index in [1.165, 1.54) is 0 Å². The molecule has 0 bridgehead atoms. The normalized spacial score (nSPS) is 17.1. The van der Waals surface area contributed by atoms with E-state index in [1.54, 1.807) is 6.92 Å². The lowest BCUT2D eigenvalue weighted by molar-refractivity contribution is -0.145. The summed E-state index contributed by atoms with van der Waals surface area (Å²) in [5.74, 6) is -0.461. The van der Waals surface area contributed by atoms with Crippen molar-refractivity contribution >= 4 is 5.97 Å². The summed E-state index contributed by atoms with van der Waals surface area (Å²) < 4.78 is 5.27. The number of rotatable bonds is 8. The third kappa shape index (κ3) is 5.47. The summed E-state index contributed by atoms with van der Waals surface area (Å²) in [7, 11) is 0. The molecule has 0 heterocycles. The molecule has 0 aliphatic heterocycles. The van der Waals surface area contributed by atoms with Gasteiger partial charge in [-0.15, -0.1) is 0 Å². The number of nitrogens with one attached hydrogen (secondary N) is 1. The van der Waals surface area contributed by atoms with Gasteiger partial charge < -0.3 is 9.84 Å². The summed E-state index contributed by atoms with van der Waals surface area (Å²) in [6, 6.07) is 0.0415. The van der Waals surface area contributed by atoms with E-state index >= 15 is 0 Å². The first-order valence-electron chi connectivity index (χ1n) is 5.90. The SMILES string of the molecule is CCOCC(C)NC(C)(CC(C)C)C(=O)O. The molecule has 0 saturated carbocycles.